The van der Waals surface area contributed by atoms with Crippen LogP contribution in [-0.4, -0.2) is 27.2 Å². The van der Waals surface area contributed by atoms with Crippen molar-refractivity contribution >= 4 is 29.8 Å². The second-order valence-electron chi connectivity index (χ2n) is 3.16. The SMILES string of the molecule is COC(=O)c1ccc(N)c(N(C)C)c1.Cl. The maximum Gasteiger partial charge on any atom is 0.337 e. The number of anilines is 2. The Labute approximate surface area is 95.4 Å². The van der Waals surface area contributed by atoms with E-state index in [-0.39, 0.29) is 18.4 Å². The van der Waals surface area contributed by atoms with Gasteiger partial charge in [-0.1, -0.05) is 0 Å². The zero-order chi connectivity index (χ0) is 10.7. The lowest BCUT2D eigenvalue weighted by atomic mass is 10.1. The van der Waals surface area contributed by atoms with E-state index in [1.165, 1.54) is 7.11 Å². The number of carbonyl (C=O) groups is 1. The molecule has 0 aliphatic heterocycles. The molecule has 0 bridgehead atoms. The molecule has 0 saturated carbocycles. The second-order valence-corrected chi connectivity index (χ2v) is 3.16. The summed E-state index contributed by atoms with van der Waals surface area (Å²) in [6.07, 6.45) is 0. The van der Waals surface area contributed by atoms with Gasteiger partial charge in [0.2, 0.25) is 0 Å². The fourth-order valence-electron chi connectivity index (χ4n) is 1.18. The van der Waals surface area contributed by atoms with Crippen molar-refractivity contribution in [2.24, 2.45) is 0 Å². The number of rotatable bonds is 2. The molecule has 0 fully saturated rings. The highest BCUT2D eigenvalue weighted by molar-refractivity contribution is 5.92. The molecule has 1 aromatic rings. The number of nitrogen functional groups attached to an aromatic ring is 1. The van der Waals surface area contributed by atoms with Crippen LogP contribution in [0.25, 0.3) is 0 Å². The van der Waals surface area contributed by atoms with Crippen molar-refractivity contribution in [2.75, 3.05) is 31.8 Å². The Morgan fingerprint density at radius 3 is 2.47 bits per heavy atom. The minimum absolute atomic E-state index is 0. The van der Waals surface area contributed by atoms with Gasteiger partial charge in [-0.3, -0.25) is 0 Å². The molecule has 4 nitrogen and oxygen atoms in total. The van der Waals surface area contributed by atoms with Gasteiger partial charge in [0.15, 0.2) is 0 Å². The number of halogens is 1. The molecule has 0 saturated heterocycles. The topological polar surface area (TPSA) is 55.6 Å². The smallest absolute Gasteiger partial charge is 0.337 e. The molecule has 0 aliphatic rings. The molecule has 5 heteroatoms. The number of benzene rings is 1. The molecular formula is C10H15ClN2O2. The van der Waals surface area contributed by atoms with Crippen LogP contribution in [0.1, 0.15) is 10.4 Å². The van der Waals surface area contributed by atoms with E-state index >= 15 is 0 Å². The molecule has 1 rings (SSSR count). The number of nitrogens with zero attached hydrogens (tertiary/aromatic N) is 1. The second kappa shape index (κ2) is 5.46. The number of methoxy groups -OCH3 is 1. The van der Waals surface area contributed by atoms with Gasteiger partial charge >= 0.3 is 5.97 Å². The maximum absolute atomic E-state index is 11.2. The van der Waals surface area contributed by atoms with Gasteiger partial charge < -0.3 is 15.4 Å². The Morgan fingerprint density at radius 1 is 1.40 bits per heavy atom. The van der Waals surface area contributed by atoms with Crippen LogP contribution in [0.3, 0.4) is 0 Å². The maximum atomic E-state index is 11.2. The van der Waals surface area contributed by atoms with Gasteiger partial charge in [0.25, 0.3) is 0 Å². The van der Waals surface area contributed by atoms with Crippen molar-refractivity contribution in [3.8, 4) is 0 Å². The van der Waals surface area contributed by atoms with Gasteiger partial charge in [0.05, 0.1) is 24.0 Å². The summed E-state index contributed by atoms with van der Waals surface area (Å²) >= 11 is 0. The Balaban J connectivity index is 0.00000196. The highest BCUT2D eigenvalue weighted by Crippen LogP contribution is 2.22. The van der Waals surface area contributed by atoms with Gasteiger partial charge in [-0.2, -0.15) is 0 Å². The Kier molecular flexibility index (Phi) is 4.94. The molecule has 0 heterocycles. The summed E-state index contributed by atoms with van der Waals surface area (Å²) in [7, 11) is 5.09. The summed E-state index contributed by atoms with van der Waals surface area (Å²) in [6.45, 7) is 0. The van der Waals surface area contributed by atoms with E-state index in [2.05, 4.69) is 4.74 Å². The number of ether oxygens (including phenoxy) is 1. The van der Waals surface area contributed by atoms with Crippen molar-refractivity contribution in [3.05, 3.63) is 23.8 Å². The summed E-state index contributed by atoms with van der Waals surface area (Å²) in [4.78, 5) is 13.1. The van der Waals surface area contributed by atoms with Crippen LogP contribution in [0.15, 0.2) is 18.2 Å². The molecule has 0 aliphatic carbocycles. The summed E-state index contributed by atoms with van der Waals surface area (Å²) in [6, 6.07) is 5.05. The summed E-state index contributed by atoms with van der Waals surface area (Å²) in [5.74, 6) is -0.354. The first kappa shape index (κ1) is 13.6. The van der Waals surface area contributed by atoms with E-state index in [1.807, 2.05) is 19.0 Å². The quantitative estimate of drug-likeness (QED) is 0.619. The third kappa shape index (κ3) is 3.02. The standard InChI is InChI=1S/C10H14N2O2.ClH/c1-12(2)9-6-7(10(13)14-3)4-5-8(9)11;/h4-6H,11H2,1-3H3;1H. The fraction of sp³-hybridized carbons (Fsp3) is 0.300. The van der Waals surface area contributed by atoms with Gasteiger partial charge in [-0.05, 0) is 18.2 Å². The lowest BCUT2D eigenvalue weighted by Crippen LogP contribution is -2.12. The van der Waals surface area contributed by atoms with Gasteiger partial charge in [0.1, 0.15) is 0 Å². The highest BCUT2D eigenvalue weighted by atomic mass is 35.5. The molecule has 0 aromatic heterocycles. The molecule has 0 atom stereocenters. The van der Waals surface area contributed by atoms with Crippen molar-refractivity contribution < 1.29 is 9.53 Å². The monoisotopic (exact) mass is 230 g/mol. The van der Waals surface area contributed by atoms with Crippen LogP contribution in [0.5, 0.6) is 0 Å². The third-order valence-electron chi connectivity index (χ3n) is 1.93. The van der Waals surface area contributed by atoms with Crippen molar-refractivity contribution in [1.29, 1.82) is 0 Å². The predicted molar refractivity (Wildman–Crippen MR) is 63.8 cm³/mol. The predicted octanol–water partition coefficient (Wildman–Crippen LogP) is 1.54. The van der Waals surface area contributed by atoms with E-state index in [0.29, 0.717) is 11.3 Å². The van der Waals surface area contributed by atoms with Crippen molar-refractivity contribution in [1.82, 2.24) is 0 Å². The van der Waals surface area contributed by atoms with Crippen LogP contribution in [0.4, 0.5) is 11.4 Å². The average Bonchev–Trinajstić information content (AvgIpc) is 2.17. The number of carbonyl (C=O) groups excluding carboxylic acids is 1. The zero-order valence-corrected chi connectivity index (χ0v) is 9.80. The number of hydrogen-bond donors (Lipinski definition) is 1. The van der Waals surface area contributed by atoms with Crippen molar-refractivity contribution in [3.63, 3.8) is 0 Å². The molecule has 0 radical (unpaired) electrons. The Hall–Kier alpha value is -1.42. The Morgan fingerprint density at radius 2 is 2.00 bits per heavy atom. The molecule has 0 spiro atoms. The van der Waals surface area contributed by atoms with Crippen LogP contribution in [0, 0.1) is 0 Å². The molecule has 0 unspecified atom stereocenters. The molecule has 2 N–H and O–H groups in total. The minimum Gasteiger partial charge on any atom is -0.465 e. The first-order valence-corrected chi connectivity index (χ1v) is 4.21. The molecule has 15 heavy (non-hydrogen) atoms. The summed E-state index contributed by atoms with van der Waals surface area (Å²) in [5.41, 5.74) is 7.70. The van der Waals surface area contributed by atoms with Gasteiger partial charge in [0, 0.05) is 14.1 Å². The van der Waals surface area contributed by atoms with E-state index in [0.717, 1.165) is 5.69 Å². The highest BCUT2D eigenvalue weighted by Gasteiger charge is 2.08. The zero-order valence-electron chi connectivity index (χ0n) is 8.98. The molecule has 84 valence electrons. The number of esters is 1. The van der Waals surface area contributed by atoms with Crippen LogP contribution < -0.4 is 10.6 Å². The van der Waals surface area contributed by atoms with Crippen LogP contribution in [-0.2, 0) is 4.74 Å². The van der Waals surface area contributed by atoms with Gasteiger partial charge in [-0.25, -0.2) is 4.79 Å². The number of hydrogen-bond acceptors (Lipinski definition) is 4. The van der Waals surface area contributed by atoms with Crippen LogP contribution in [0.2, 0.25) is 0 Å². The van der Waals surface area contributed by atoms with E-state index in [9.17, 15) is 4.79 Å². The number of nitrogens with two attached hydrogens (primary N) is 1. The summed E-state index contributed by atoms with van der Waals surface area (Å²) in [5, 5.41) is 0. The normalized spacial score (nSPS) is 9.00. The first-order valence-electron chi connectivity index (χ1n) is 4.21. The Bertz CT molecular complexity index is 353. The largest absolute Gasteiger partial charge is 0.465 e. The lowest BCUT2D eigenvalue weighted by Gasteiger charge is -2.15. The average molecular weight is 231 g/mol. The van der Waals surface area contributed by atoms with E-state index in [4.69, 9.17) is 5.73 Å². The van der Waals surface area contributed by atoms with E-state index < -0.39 is 0 Å². The van der Waals surface area contributed by atoms with Crippen LogP contribution >= 0.6 is 12.4 Å². The molecular weight excluding hydrogens is 216 g/mol. The summed E-state index contributed by atoms with van der Waals surface area (Å²) < 4.78 is 4.61. The van der Waals surface area contributed by atoms with Gasteiger partial charge in [-0.15, -0.1) is 12.4 Å². The van der Waals surface area contributed by atoms with E-state index in [1.54, 1.807) is 18.2 Å². The minimum atomic E-state index is -0.354. The molecule has 1 aromatic carbocycles. The van der Waals surface area contributed by atoms with Crippen molar-refractivity contribution in [2.45, 2.75) is 0 Å². The first-order chi connectivity index (χ1) is 6.56. The fourth-order valence-corrected chi connectivity index (χ4v) is 1.18. The lowest BCUT2D eigenvalue weighted by molar-refractivity contribution is 0.0601. The molecule has 0 amide bonds. The third-order valence-corrected chi connectivity index (χ3v) is 1.93.